The van der Waals surface area contributed by atoms with Crippen molar-refractivity contribution in [3.8, 4) is 10.6 Å². The van der Waals surface area contributed by atoms with Gasteiger partial charge in [0, 0.05) is 24.9 Å². The third-order valence-electron chi connectivity index (χ3n) is 3.09. The molecule has 2 aromatic rings. The van der Waals surface area contributed by atoms with Crippen LogP contribution in [0.25, 0.3) is 10.6 Å². The van der Waals surface area contributed by atoms with Crippen LogP contribution < -0.4 is 10.6 Å². The predicted octanol–water partition coefficient (Wildman–Crippen LogP) is 2.76. The highest BCUT2D eigenvalue weighted by Gasteiger charge is 2.10. The lowest BCUT2D eigenvalue weighted by Gasteiger charge is -2.03. The maximum atomic E-state index is 11.8. The number of aryl methyl sites for hydroxylation is 1. The zero-order chi connectivity index (χ0) is 16.7. The first-order chi connectivity index (χ1) is 11.1. The number of anilines is 1. The van der Waals surface area contributed by atoms with E-state index in [9.17, 15) is 9.59 Å². The van der Waals surface area contributed by atoms with Crippen molar-refractivity contribution in [2.45, 2.75) is 33.1 Å². The summed E-state index contributed by atoms with van der Waals surface area (Å²) in [6.45, 7) is 4.28. The van der Waals surface area contributed by atoms with Crippen LogP contribution in [0.15, 0.2) is 24.3 Å². The second kappa shape index (κ2) is 8.38. The van der Waals surface area contributed by atoms with Gasteiger partial charge in [-0.15, -0.1) is 10.2 Å². The molecule has 0 bridgehead atoms. The summed E-state index contributed by atoms with van der Waals surface area (Å²) < 4.78 is 0. The van der Waals surface area contributed by atoms with Crippen LogP contribution >= 0.6 is 11.3 Å². The molecule has 122 valence electrons. The maximum Gasteiger partial charge on any atom is 0.227 e. The fraction of sp³-hybridized carbons (Fsp3) is 0.375. The summed E-state index contributed by atoms with van der Waals surface area (Å²) in [7, 11) is 0. The molecule has 2 rings (SSSR count). The molecule has 0 saturated carbocycles. The molecule has 1 heterocycles. The Labute approximate surface area is 139 Å². The number of benzene rings is 1. The van der Waals surface area contributed by atoms with Crippen molar-refractivity contribution in [2.75, 3.05) is 11.9 Å². The smallest absolute Gasteiger partial charge is 0.227 e. The molecule has 0 atom stereocenters. The van der Waals surface area contributed by atoms with Gasteiger partial charge in [0.25, 0.3) is 0 Å². The number of aromatic nitrogens is 2. The van der Waals surface area contributed by atoms with Crippen molar-refractivity contribution in [3.63, 3.8) is 0 Å². The van der Waals surface area contributed by atoms with E-state index in [0.717, 1.165) is 22.6 Å². The largest absolute Gasteiger partial charge is 0.356 e. The zero-order valence-electron chi connectivity index (χ0n) is 13.3. The topological polar surface area (TPSA) is 84.0 Å². The Hall–Kier alpha value is -2.28. The minimum Gasteiger partial charge on any atom is -0.356 e. The Morgan fingerprint density at radius 3 is 2.74 bits per heavy atom. The van der Waals surface area contributed by atoms with Gasteiger partial charge in [0.2, 0.25) is 16.9 Å². The molecule has 23 heavy (non-hydrogen) atoms. The molecule has 0 fully saturated rings. The van der Waals surface area contributed by atoms with Crippen molar-refractivity contribution in [3.05, 3.63) is 29.8 Å². The lowest BCUT2D eigenvalue weighted by atomic mass is 10.1. The molecular weight excluding hydrogens is 312 g/mol. The molecular formula is C16H20N4O2S. The van der Waals surface area contributed by atoms with E-state index in [1.165, 1.54) is 11.3 Å². The number of nitrogens with one attached hydrogen (secondary N) is 2. The predicted molar refractivity (Wildman–Crippen MR) is 91.2 cm³/mol. The second-order valence-electron chi connectivity index (χ2n) is 5.18. The number of carbonyl (C=O) groups excluding carboxylic acids is 2. The fourth-order valence-corrected chi connectivity index (χ4v) is 2.74. The average molecular weight is 332 g/mol. The first-order valence-corrected chi connectivity index (χ1v) is 8.37. The van der Waals surface area contributed by atoms with E-state index in [1.54, 1.807) is 0 Å². The van der Waals surface area contributed by atoms with Crippen LogP contribution in [0.1, 0.15) is 31.7 Å². The Morgan fingerprint density at radius 1 is 1.17 bits per heavy atom. The van der Waals surface area contributed by atoms with Crippen LogP contribution in [-0.2, 0) is 9.59 Å². The van der Waals surface area contributed by atoms with E-state index in [1.807, 2.05) is 38.1 Å². The number of nitrogens with zero attached hydrogens (tertiary/aromatic N) is 2. The van der Waals surface area contributed by atoms with Gasteiger partial charge in [-0.2, -0.15) is 0 Å². The van der Waals surface area contributed by atoms with Crippen LogP contribution in [-0.4, -0.2) is 28.6 Å². The van der Waals surface area contributed by atoms with E-state index in [2.05, 4.69) is 20.8 Å². The third-order valence-corrected chi connectivity index (χ3v) is 3.98. The molecule has 2 N–H and O–H groups in total. The van der Waals surface area contributed by atoms with E-state index in [0.29, 0.717) is 18.1 Å². The molecule has 0 aliphatic heterocycles. The number of amides is 2. The highest BCUT2D eigenvalue weighted by atomic mass is 32.1. The van der Waals surface area contributed by atoms with Crippen molar-refractivity contribution in [1.82, 2.24) is 15.5 Å². The van der Waals surface area contributed by atoms with Gasteiger partial charge in [-0.05, 0) is 19.4 Å². The first-order valence-electron chi connectivity index (χ1n) is 7.55. The molecule has 1 aromatic heterocycles. The monoisotopic (exact) mass is 332 g/mol. The Bertz CT molecular complexity index is 684. The van der Waals surface area contributed by atoms with Gasteiger partial charge in [0.1, 0.15) is 5.01 Å². The second-order valence-corrected chi connectivity index (χ2v) is 6.16. The molecule has 0 saturated heterocycles. The number of carbonyl (C=O) groups is 2. The first kappa shape index (κ1) is 17.1. The number of hydrogen-bond acceptors (Lipinski definition) is 5. The van der Waals surface area contributed by atoms with E-state index in [4.69, 9.17) is 0 Å². The summed E-state index contributed by atoms with van der Waals surface area (Å²) >= 11 is 1.33. The molecule has 6 nitrogen and oxygen atoms in total. The van der Waals surface area contributed by atoms with Gasteiger partial charge in [0.05, 0.1) is 0 Å². The molecule has 2 amide bonds. The summed E-state index contributed by atoms with van der Waals surface area (Å²) in [5.74, 6) is -0.216. The van der Waals surface area contributed by atoms with E-state index >= 15 is 0 Å². The van der Waals surface area contributed by atoms with Gasteiger partial charge in [-0.3, -0.25) is 9.59 Å². The van der Waals surface area contributed by atoms with Gasteiger partial charge < -0.3 is 10.6 Å². The molecule has 1 aromatic carbocycles. The standard InChI is InChI=1S/C16H20N4O2S/c1-3-5-13(21)17-9-8-14(22)18-16-20-19-15(23-16)12-7-4-6-11(2)10-12/h4,6-7,10H,3,5,8-9H2,1-2H3,(H,17,21)(H,18,20,22). The number of rotatable bonds is 7. The zero-order valence-corrected chi connectivity index (χ0v) is 14.1. The molecule has 0 spiro atoms. The minimum absolute atomic E-state index is 0.0297. The molecule has 0 unspecified atom stereocenters. The summed E-state index contributed by atoms with van der Waals surface area (Å²) in [5.41, 5.74) is 2.13. The highest BCUT2D eigenvalue weighted by Crippen LogP contribution is 2.26. The van der Waals surface area contributed by atoms with Gasteiger partial charge >= 0.3 is 0 Å². The summed E-state index contributed by atoms with van der Waals surface area (Å²) in [6.07, 6.45) is 1.50. The Morgan fingerprint density at radius 2 is 2.00 bits per heavy atom. The van der Waals surface area contributed by atoms with Crippen LogP contribution in [0, 0.1) is 6.92 Å². The highest BCUT2D eigenvalue weighted by molar-refractivity contribution is 7.18. The SMILES string of the molecule is CCCC(=O)NCCC(=O)Nc1nnc(-c2cccc(C)c2)s1. The normalized spacial score (nSPS) is 10.3. The summed E-state index contributed by atoms with van der Waals surface area (Å²) in [6, 6.07) is 7.96. The molecule has 0 radical (unpaired) electrons. The van der Waals surface area contributed by atoms with E-state index < -0.39 is 0 Å². The summed E-state index contributed by atoms with van der Waals surface area (Å²) in [4.78, 5) is 23.1. The van der Waals surface area contributed by atoms with Crippen LogP contribution in [0.4, 0.5) is 5.13 Å². The average Bonchev–Trinajstić information content (AvgIpc) is 2.96. The third kappa shape index (κ3) is 5.45. The van der Waals surface area contributed by atoms with Gasteiger partial charge in [-0.1, -0.05) is 42.0 Å². The fourth-order valence-electron chi connectivity index (χ4n) is 1.98. The van der Waals surface area contributed by atoms with Gasteiger partial charge in [-0.25, -0.2) is 0 Å². The number of hydrogen-bond donors (Lipinski definition) is 2. The van der Waals surface area contributed by atoms with Crippen molar-refractivity contribution in [2.24, 2.45) is 0 Å². The molecule has 7 heteroatoms. The van der Waals surface area contributed by atoms with Crippen molar-refractivity contribution in [1.29, 1.82) is 0 Å². The Kier molecular flexibility index (Phi) is 6.22. The minimum atomic E-state index is -0.186. The molecule has 0 aliphatic carbocycles. The lowest BCUT2D eigenvalue weighted by Crippen LogP contribution is -2.27. The molecule has 0 aliphatic rings. The lowest BCUT2D eigenvalue weighted by molar-refractivity contribution is -0.121. The Balaban J connectivity index is 1.84. The summed E-state index contributed by atoms with van der Waals surface area (Å²) in [5, 5.41) is 14.7. The quantitative estimate of drug-likeness (QED) is 0.816. The van der Waals surface area contributed by atoms with Crippen LogP contribution in [0.3, 0.4) is 0 Å². The van der Waals surface area contributed by atoms with Gasteiger partial charge in [0.15, 0.2) is 0 Å². The van der Waals surface area contributed by atoms with Crippen molar-refractivity contribution >= 4 is 28.3 Å². The van der Waals surface area contributed by atoms with Crippen LogP contribution in [0.2, 0.25) is 0 Å². The van der Waals surface area contributed by atoms with E-state index in [-0.39, 0.29) is 18.2 Å². The van der Waals surface area contributed by atoms with Crippen LogP contribution in [0.5, 0.6) is 0 Å². The van der Waals surface area contributed by atoms with Crippen molar-refractivity contribution < 1.29 is 9.59 Å². The maximum absolute atomic E-state index is 11.8.